The second-order valence-electron chi connectivity index (χ2n) is 5.68. The van der Waals surface area contributed by atoms with Gasteiger partial charge in [0.15, 0.2) is 0 Å². The molecule has 106 valence electrons. The van der Waals surface area contributed by atoms with Crippen molar-refractivity contribution < 1.29 is 9.84 Å². The highest BCUT2D eigenvalue weighted by molar-refractivity contribution is 5.24. The number of hydrogen-bond donors (Lipinski definition) is 2. The SMILES string of the molecule is Cc1cccc(C(C)NCC(O)COCC2CC2)c1. The third-order valence-electron chi connectivity index (χ3n) is 3.56. The van der Waals surface area contributed by atoms with Crippen LogP contribution in [0.5, 0.6) is 0 Å². The van der Waals surface area contributed by atoms with Crippen LogP contribution in [-0.4, -0.2) is 31.0 Å². The van der Waals surface area contributed by atoms with Gasteiger partial charge in [-0.3, -0.25) is 0 Å². The molecule has 2 N–H and O–H groups in total. The van der Waals surface area contributed by atoms with Crippen LogP contribution in [0.3, 0.4) is 0 Å². The Hall–Kier alpha value is -0.900. The Morgan fingerprint density at radius 2 is 2.21 bits per heavy atom. The fourth-order valence-electron chi connectivity index (χ4n) is 2.08. The van der Waals surface area contributed by atoms with Gasteiger partial charge in [-0.15, -0.1) is 0 Å². The Morgan fingerprint density at radius 3 is 2.89 bits per heavy atom. The largest absolute Gasteiger partial charge is 0.389 e. The van der Waals surface area contributed by atoms with E-state index in [0.717, 1.165) is 12.5 Å². The lowest BCUT2D eigenvalue weighted by atomic mass is 10.1. The van der Waals surface area contributed by atoms with Crippen LogP contribution in [0.1, 0.15) is 36.9 Å². The summed E-state index contributed by atoms with van der Waals surface area (Å²) in [6.07, 6.45) is 2.16. The molecule has 0 aromatic heterocycles. The third-order valence-corrected chi connectivity index (χ3v) is 3.56. The van der Waals surface area contributed by atoms with Gasteiger partial charge in [0.25, 0.3) is 0 Å². The van der Waals surface area contributed by atoms with Gasteiger partial charge in [-0.05, 0) is 38.2 Å². The Kier molecular flexibility index (Phi) is 5.37. The van der Waals surface area contributed by atoms with Gasteiger partial charge in [-0.1, -0.05) is 29.8 Å². The maximum absolute atomic E-state index is 9.85. The van der Waals surface area contributed by atoms with E-state index >= 15 is 0 Å². The summed E-state index contributed by atoms with van der Waals surface area (Å²) in [5, 5.41) is 13.2. The predicted octanol–water partition coefficient (Wildman–Crippen LogP) is 2.43. The van der Waals surface area contributed by atoms with Crippen LogP contribution >= 0.6 is 0 Å². The van der Waals surface area contributed by atoms with Crippen molar-refractivity contribution in [2.24, 2.45) is 5.92 Å². The molecule has 1 aliphatic carbocycles. The molecule has 0 radical (unpaired) electrons. The van der Waals surface area contributed by atoms with Gasteiger partial charge in [0, 0.05) is 19.2 Å². The Balaban J connectivity index is 1.65. The number of aryl methyl sites for hydroxylation is 1. The number of ether oxygens (including phenoxy) is 1. The molecule has 3 heteroatoms. The first kappa shape index (κ1) is 14.5. The summed E-state index contributed by atoms with van der Waals surface area (Å²) in [6, 6.07) is 8.70. The number of hydrogen-bond acceptors (Lipinski definition) is 3. The van der Waals surface area contributed by atoms with E-state index in [9.17, 15) is 5.11 Å². The average molecular weight is 263 g/mol. The quantitative estimate of drug-likeness (QED) is 0.757. The van der Waals surface area contributed by atoms with Gasteiger partial charge in [-0.2, -0.15) is 0 Å². The van der Waals surface area contributed by atoms with Crippen molar-refractivity contribution in [3.05, 3.63) is 35.4 Å². The molecule has 0 amide bonds. The van der Waals surface area contributed by atoms with Crippen LogP contribution < -0.4 is 5.32 Å². The highest BCUT2D eigenvalue weighted by Crippen LogP contribution is 2.28. The minimum atomic E-state index is -0.425. The van der Waals surface area contributed by atoms with Crippen molar-refractivity contribution in [3.63, 3.8) is 0 Å². The number of benzene rings is 1. The summed E-state index contributed by atoms with van der Waals surface area (Å²) in [7, 11) is 0. The molecule has 3 nitrogen and oxygen atoms in total. The monoisotopic (exact) mass is 263 g/mol. The fraction of sp³-hybridized carbons (Fsp3) is 0.625. The highest BCUT2D eigenvalue weighted by Gasteiger charge is 2.21. The lowest BCUT2D eigenvalue weighted by Gasteiger charge is -2.18. The highest BCUT2D eigenvalue weighted by atomic mass is 16.5. The van der Waals surface area contributed by atoms with Crippen molar-refractivity contribution in [1.82, 2.24) is 5.32 Å². The molecular formula is C16H25NO2. The zero-order valence-electron chi connectivity index (χ0n) is 11.9. The van der Waals surface area contributed by atoms with Gasteiger partial charge < -0.3 is 15.2 Å². The molecule has 1 aliphatic rings. The molecule has 1 fully saturated rings. The molecule has 19 heavy (non-hydrogen) atoms. The van der Waals surface area contributed by atoms with Gasteiger partial charge in [-0.25, -0.2) is 0 Å². The Labute approximate surface area is 116 Å². The first-order valence-corrected chi connectivity index (χ1v) is 7.21. The zero-order chi connectivity index (χ0) is 13.7. The normalized spacial score (nSPS) is 18.3. The van der Waals surface area contributed by atoms with E-state index in [2.05, 4.69) is 43.4 Å². The molecule has 2 atom stereocenters. The minimum absolute atomic E-state index is 0.248. The second kappa shape index (κ2) is 7.04. The average Bonchev–Trinajstić information content (AvgIpc) is 3.20. The molecule has 0 heterocycles. The van der Waals surface area contributed by atoms with Gasteiger partial charge in [0.05, 0.1) is 12.7 Å². The molecule has 0 spiro atoms. The van der Waals surface area contributed by atoms with Crippen LogP contribution in [0, 0.1) is 12.8 Å². The maximum atomic E-state index is 9.85. The van der Waals surface area contributed by atoms with Gasteiger partial charge >= 0.3 is 0 Å². The van der Waals surface area contributed by atoms with Crippen molar-refractivity contribution in [3.8, 4) is 0 Å². The summed E-state index contributed by atoms with van der Waals surface area (Å²) in [4.78, 5) is 0. The molecular weight excluding hydrogens is 238 g/mol. The fourth-order valence-corrected chi connectivity index (χ4v) is 2.08. The lowest BCUT2D eigenvalue weighted by molar-refractivity contribution is 0.0315. The molecule has 2 rings (SSSR count). The van der Waals surface area contributed by atoms with E-state index in [-0.39, 0.29) is 6.04 Å². The van der Waals surface area contributed by atoms with Crippen LogP contribution in [0.4, 0.5) is 0 Å². The minimum Gasteiger partial charge on any atom is -0.389 e. The van der Waals surface area contributed by atoms with Crippen molar-refractivity contribution in [1.29, 1.82) is 0 Å². The summed E-state index contributed by atoms with van der Waals surface area (Å²) in [6.45, 7) is 6.03. The van der Waals surface area contributed by atoms with Crippen LogP contribution in [0.15, 0.2) is 24.3 Å². The van der Waals surface area contributed by atoms with E-state index in [0.29, 0.717) is 13.2 Å². The third kappa shape index (κ3) is 5.31. The maximum Gasteiger partial charge on any atom is 0.0897 e. The van der Waals surface area contributed by atoms with Crippen molar-refractivity contribution >= 4 is 0 Å². The van der Waals surface area contributed by atoms with Crippen LogP contribution in [0.25, 0.3) is 0 Å². The van der Waals surface area contributed by atoms with Crippen LogP contribution in [-0.2, 0) is 4.74 Å². The molecule has 1 aromatic rings. The first-order chi connectivity index (χ1) is 9.15. The standard InChI is InChI=1S/C16H25NO2/c1-12-4-3-5-15(8-12)13(2)17-9-16(18)11-19-10-14-6-7-14/h3-5,8,13-14,16-18H,6-7,9-11H2,1-2H3. The van der Waals surface area contributed by atoms with Crippen LogP contribution in [0.2, 0.25) is 0 Å². The van der Waals surface area contributed by atoms with E-state index < -0.39 is 6.10 Å². The van der Waals surface area contributed by atoms with E-state index in [1.807, 2.05) is 0 Å². The number of rotatable bonds is 8. The smallest absolute Gasteiger partial charge is 0.0897 e. The summed E-state index contributed by atoms with van der Waals surface area (Å²) in [5.74, 6) is 0.756. The van der Waals surface area contributed by atoms with Gasteiger partial charge in [0.1, 0.15) is 0 Å². The Bertz CT molecular complexity index is 390. The second-order valence-corrected chi connectivity index (χ2v) is 5.68. The number of nitrogens with one attached hydrogen (secondary N) is 1. The topological polar surface area (TPSA) is 41.5 Å². The molecule has 1 saturated carbocycles. The summed E-state index contributed by atoms with van der Waals surface area (Å²) >= 11 is 0. The van der Waals surface area contributed by atoms with Gasteiger partial charge in [0.2, 0.25) is 0 Å². The van der Waals surface area contributed by atoms with Crippen molar-refractivity contribution in [2.45, 2.75) is 38.8 Å². The van der Waals surface area contributed by atoms with Crippen molar-refractivity contribution in [2.75, 3.05) is 19.8 Å². The first-order valence-electron chi connectivity index (χ1n) is 7.21. The zero-order valence-corrected chi connectivity index (χ0v) is 11.9. The molecule has 2 unspecified atom stereocenters. The lowest BCUT2D eigenvalue weighted by Crippen LogP contribution is -2.32. The molecule has 0 bridgehead atoms. The summed E-state index contributed by atoms with van der Waals surface area (Å²) < 4.78 is 5.49. The van der Waals surface area contributed by atoms with E-state index in [1.165, 1.54) is 24.0 Å². The predicted molar refractivity (Wildman–Crippen MR) is 77.1 cm³/mol. The summed E-state index contributed by atoms with van der Waals surface area (Å²) in [5.41, 5.74) is 2.52. The van der Waals surface area contributed by atoms with E-state index in [4.69, 9.17) is 4.74 Å². The number of aliphatic hydroxyl groups is 1. The Morgan fingerprint density at radius 1 is 1.42 bits per heavy atom. The molecule has 1 aromatic carbocycles. The number of aliphatic hydroxyl groups excluding tert-OH is 1. The van der Waals surface area contributed by atoms with E-state index in [1.54, 1.807) is 0 Å². The molecule has 0 saturated heterocycles. The molecule has 0 aliphatic heterocycles.